The van der Waals surface area contributed by atoms with Crippen LogP contribution >= 0.6 is 0 Å². The van der Waals surface area contributed by atoms with Crippen molar-refractivity contribution in [3.05, 3.63) is 11.7 Å². The molecule has 2 unspecified atom stereocenters. The maximum absolute atomic E-state index is 5.98. The second kappa shape index (κ2) is 4.93. The van der Waals surface area contributed by atoms with Crippen LogP contribution in [0.2, 0.25) is 0 Å². The van der Waals surface area contributed by atoms with Crippen LogP contribution in [-0.4, -0.2) is 40.7 Å². The quantitative estimate of drug-likeness (QED) is 0.814. The van der Waals surface area contributed by atoms with E-state index in [0.717, 1.165) is 38.3 Å². The van der Waals surface area contributed by atoms with Crippen LogP contribution in [0.4, 0.5) is 0 Å². The van der Waals surface area contributed by atoms with Crippen LogP contribution in [-0.2, 0) is 6.42 Å². The van der Waals surface area contributed by atoms with Gasteiger partial charge in [-0.1, -0.05) is 12.1 Å². The van der Waals surface area contributed by atoms with Crippen molar-refractivity contribution < 1.29 is 4.52 Å². The molecule has 1 aromatic heterocycles. The second-order valence-electron chi connectivity index (χ2n) is 4.71. The lowest BCUT2D eigenvalue weighted by molar-refractivity contribution is 0.165. The van der Waals surface area contributed by atoms with Crippen molar-refractivity contribution >= 4 is 0 Å². The Kier molecular flexibility index (Phi) is 3.56. The van der Waals surface area contributed by atoms with Crippen molar-refractivity contribution in [2.24, 2.45) is 11.7 Å². The number of aromatic nitrogens is 2. The molecule has 1 aliphatic heterocycles. The van der Waals surface area contributed by atoms with Gasteiger partial charge >= 0.3 is 0 Å². The fourth-order valence-corrected chi connectivity index (χ4v) is 2.15. The smallest absolute Gasteiger partial charge is 0.223 e. The minimum absolute atomic E-state index is 0.365. The first-order valence-electron chi connectivity index (χ1n) is 5.92. The number of hydrogen-bond acceptors (Lipinski definition) is 5. The third kappa shape index (κ3) is 2.80. The first kappa shape index (κ1) is 11.5. The van der Waals surface area contributed by atoms with E-state index in [4.69, 9.17) is 10.3 Å². The summed E-state index contributed by atoms with van der Waals surface area (Å²) in [4.78, 5) is 6.63. The highest BCUT2D eigenvalue weighted by atomic mass is 16.5. The summed E-state index contributed by atoms with van der Waals surface area (Å²) in [6.45, 7) is 7.20. The van der Waals surface area contributed by atoms with E-state index in [1.807, 2.05) is 6.92 Å². The highest BCUT2D eigenvalue weighted by molar-refractivity contribution is 4.87. The Labute approximate surface area is 96.0 Å². The molecule has 5 heteroatoms. The number of piperidine rings is 1. The summed E-state index contributed by atoms with van der Waals surface area (Å²) in [5, 5.41) is 3.90. The van der Waals surface area contributed by atoms with Crippen LogP contribution in [0.1, 0.15) is 25.1 Å². The van der Waals surface area contributed by atoms with Gasteiger partial charge in [0.15, 0.2) is 5.82 Å². The molecule has 0 aliphatic carbocycles. The zero-order valence-electron chi connectivity index (χ0n) is 10.0. The molecule has 1 saturated heterocycles. The van der Waals surface area contributed by atoms with Gasteiger partial charge in [0.1, 0.15) is 0 Å². The van der Waals surface area contributed by atoms with E-state index in [-0.39, 0.29) is 0 Å². The topological polar surface area (TPSA) is 68.2 Å². The first-order chi connectivity index (χ1) is 7.65. The van der Waals surface area contributed by atoms with Crippen molar-refractivity contribution in [2.75, 3.05) is 19.6 Å². The zero-order valence-corrected chi connectivity index (χ0v) is 10.0. The third-order valence-electron chi connectivity index (χ3n) is 3.28. The molecule has 16 heavy (non-hydrogen) atoms. The molecule has 0 radical (unpaired) electrons. The largest absolute Gasteiger partial charge is 0.340 e. The monoisotopic (exact) mass is 224 g/mol. The standard InChI is InChI=1S/C11H20N4O/c1-8-7-15(5-3-10(8)12)6-4-11-13-9(2)16-14-11/h8,10H,3-7,12H2,1-2H3. The van der Waals surface area contributed by atoms with Gasteiger partial charge in [-0.25, -0.2) is 0 Å². The minimum atomic E-state index is 0.365. The van der Waals surface area contributed by atoms with Gasteiger partial charge in [0.05, 0.1) is 0 Å². The maximum Gasteiger partial charge on any atom is 0.223 e. The van der Waals surface area contributed by atoms with Crippen molar-refractivity contribution in [3.63, 3.8) is 0 Å². The Hall–Kier alpha value is -0.940. The molecule has 0 amide bonds. The molecule has 1 aromatic rings. The average molecular weight is 224 g/mol. The summed E-state index contributed by atoms with van der Waals surface area (Å²) in [5.41, 5.74) is 5.98. The molecule has 0 spiro atoms. The van der Waals surface area contributed by atoms with Gasteiger partial charge in [0.2, 0.25) is 5.89 Å². The Bertz CT molecular complexity index is 338. The normalized spacial score (nSPS) is 27.2. The van der Waals surface area contributed by atoms with E-state index in [1.54, 1.807) is 0 Å². The van der Waals surface area contributed by atoms with Crippen LogP contribution in [0.3, 0.4) is 0 Å². The molecular weight excluding hydrogens is 204 g/mol. The molecule has 1 aliphatic rings. The zero-order chi connectivity index (χ0) is 11.5. The van der Waals surface area contributed by atoms with Gasteiger partial charge in [-0.3, -0.25) is 0 Å². The molecule has 2 heterocycles. The molecule has 2 atom stereocenters. The average Bonchev–Trinajstić information content (AvgIpc) is 2.66. The van der Waals surface area contributed by atoms with Crippen LogP contribution in [0, 0.1) is 12.8 Å². The highest BCUT2D eigenvalue weighted by Crippen LogP contribution is 2.14. The predicted octanol–water partition coefficient (Wildman–Crippen LogP) is 0.590. The van der Waals surface area contributed by atoms with Crippen molar-refractivity contribution in [1.29, 1.82) is 0 Å². The van der Waals surface area contributed by atoms with Gasteiger partial charge in [-0.15, -0.1) is 0 Å². The summed E-state index contributed by atoms with van der Waals surface area (Å²) in [5.74, 6) is 2.03. The van der Waals surface area contributed by atoms with E-state index in [1.165, 1.54) is 0 Å². The molecule has 2 N–H and O–H groups in total. The fourth-order valence-electron chi connectivity index (χ4n) is 2.15. The highest BCUT2D eigenvalue weighted by Gasteiger charge is 2.22. The van der Waals surface area contributed by atoms with E-state index in [9.17, 15) is 0 Å². The molecule has 2 rings (SSSR count). The summed E-state index contributed by atoms with van der Waals surface area (Å²) in [6.07, 6.45) is 1.95. The molecule has 0 saturated carbocycles. The summed E-state index contributed by atoms with van der Waals surface area (Å²) < 4.78 is 4.94. The number of hydrogen-bond donors (Lipinski definition) is 1. The number of rotatable bonds is 3. The lowest BCUT2D eigenvalue weighted by atomic mass is 9.95. The fraction of sp³-hybridized carbons (Fsp3) is 0.818. The Morgan fingerprint density at radius 3 is 3.00 bits per heavy atom. The summed E-state index contributed by atoms with van der Waals surface area (Å²) in [7, 11) is 0. The number of aryl methyl sites for hydroxylation is 1. The second-order valence-corrected chi connectivity index (χ2v) is 4.71. The number of likely N-dealkylation sites (tertiary alicyclic amines) is 1. The molecule has 0 bridgehead atoms. The lowest BCUT2D eigenvalue weighted by Crippen LogP contribution is -2.46. The van der Waals surface area contributed by atoms with Gasteiger partial charge in [-0.05, 0) is 18.9 Å². The van der Waals surface area contributed by atoms with Crippen LogP contribution in [0.25, 0.3) is 0 Å². The molecule has 1 fully saturated rings. The van der Waals surface area contributed by atoms with Crippen LogP contribution in [0.5, 0.6) is 0 Å². The SMILES string of the molecule is Cc1nc(CCN2CCC(N)C(C)C2)no1. The number of nitrogens with zero attached hydrogens (tertiary/aromatic N) is 3. The number of nitrogens with two attached hydrogens (primary N) is 1. The van der Waals surface area contributed by atoms with E-state index in [0.29, 0.717) is 17.9 Å². The van der Waals surface area contributed by atoms with Crippen LogP contribution < -0.4 is 5.73 Å². The Morgan fingerprint density at radius 2 is 2.38 bits per heavy atom. The molecule has 0 aromatic carbocycles. The van der Waals surface area contributed by atoms with Gasteiger partial charge in [0.25, 0.3) is 0 Å². The third-order valence-corrected chi connectivity index (χ3v) is 3.28. The summed E-state index contributed by atoms with van der Waals surface area (Å²) in [6, 6.07) is 0.365. The lowest BCUT2D eigenvalue weighted by Gasteiger charge is -2.34. The van der Waals surface area contributed by atoms with Gasteiger partial charge in [0, 0.05) is 32.5 Å². The van der Waals surface area contributed by atoms with Crippen molar-refractivity contribution in [1.82, 2.24) is 15.0 Å². The first-order valence-corrected chi connectivity index (χ1v) is 5.92. The molecule has 90 valence electrons. The van der Waals surface area contributed by atoms with E-state index < -0.39 is 0 Å². The van der Waals surface area contributed by atoms with Crippen molar-refractivity contribution in [3.8, 4) is 0 Å². The Morgan fingerprint density at radius 1 is 1.56 bits per heavy atom. The van der Waals surface area contributed by atoms with E-state index in [2.05, 4.69) is 22.0 Å². The van der Waals surface area contributed by atoms with E-state index >= 15 is 0 Å². The van der Waals surface area contributed by atoms with Crippen LogP contribution in [0.15, 0.2) is 4.52 Å². The summed E-state index contributed by atoms with van der Waals surface area (Å²) >= 11 is 0. The van der Waals surface area contributed by atoms with Gasteiger partial charge < -0.3 is 15.2 Å². The molecular formula is C11H20N4O. The maximum atomic E-state index is 5.98. The van der Waals surface area contributed by atoms with Gasteiger partial charge in [-0.2, -0.15) is 4.98 Å². The Balaban J connectivity index is 1.78. The minimum Gasteiger partial charge on any atom is -0.340 e. The molecule has 5 nitrogen and oxygen atoms in total. The predicted molar refractivity (Wildman–Crippen MR) is 60.9 cm³/mol. The van der Waals surface area contributed by atoms with Crippen molar-refractivity contribution in [2.45, 2.75) is 32.7 Å².